The van der Waals surface area contributed by atoms with Gasteiger partial charge in [-0.15, -0.1) is 0 Å². The summed E-state index contributed by atoms with van der Waals surface area (Å²) in [6, 6.07) is 2.20. The van der Waals surface area contributed by atoms with E-state index in [1.165, 1.54) is 18.5 Å². The summed E-state index contributed by atoms with van der Waals surface area (Å²) >= 11 is 0. The Morgan fingerprint density at radius 1 is 1.15 bits per heavy atom. The van der Waals surface area contributed by atoms with Gasteiger partial charge in [-0.25, -0.2) is 9.97 Å². The van der Waals surface area contributed by atoms with Gasteiger partial charge in [-0.3, -0.25) is 4.90 Å². The van der Waals surface area contributed by atoms with E-state index in [0.29, 0.717) is 30.8 Å². The smallest absolute Gasteiger partial charge is 0.240 e. The van der Waals surface area contributed by atoms with Crippen LogP contribution in [0.15, 0.2) is 10.6 Å². The van der Waals surface area contributed by atoms with Crippen LogP contribution in [-0.4, -0.2) is 58.3 Å². The minimum absolute atomic E-state index is 0.381. The van der Waals surface area contributed by atoms with Crippen molar-refractivity contribution in [3.05, 3.63) is 29.3 Å². The number of hydrogen-bond donors (Lipinski definition) is 0. The molecule has 146 valence electrons. The van der Waals surface area contributed by atoms with E-state index in [-0.39, 0.29) is 0 Å². The summed E-state index contributed by atoms with van der Waals surface area (Å²) in [5.74, 6) is 3.63. The van der Waals surface area contributed by atoms with E-state index in [0.717, 1.165) is 50.7 Å². The molecule has 2 saturated heterocycles. The van der Waals surface area contributed by atoms with Gasteiger partial charge in [0.25, 0.3) is 0 Å². The van der Waals surface area contributed by atoms with Crippen molar-refractivity contribution in [2.24, 2.45) is 0 Å². The standard InChI is InChI=1S/C19H28N6O2/c1-14-20-16(10-18(21-14)25-8-3-4-9-25)15-6-5-7-24(11-15)12-19-22-17(13-26-2)23-27-19/h10,15H,3-9,11-13H2,1-2H3/t15-/m0/s1. The lowest BCUT2D eigenvalue weighted by Gasteiger charge is -2.31. The Bertz CT molecular complexity index is 758. The number of rotatable bonds is 6. The molecule has 27 heavy (non-hydrogen) atoms. The van der Waals surface area contributed by atoms with E-state index in [1.54, 1.807) is 7.11 Å². The second kappa shape index (κ2) is 8.31. The van der Waals surface area contributed by atoms with Crippen LogP contribution in [-0.2, 0) is 17.9 Å². The molecule has 0 saturated carbocycles. The first-order valence-electron chi connectivity index (χ1n) is 9.84. The lowest BCUT2D eigenvalue weighted by molar-refractivity contribution is 0.171. The molecule has 0 bridgehead atoms. The van der Waals surface area contributed by atoms with E-state index in [9.17, 15) is 0 Å². The quantitative estimate of drug-likeness (QED) is 0.764. The molecule has 4 rings (SSSR count). The predicted octanol–water partition coefficient (Wildman–Crippen LogP) is 2.29. The molecule has 0 aromatic carbocycles. The number of likely N-dealkylation sites (tertiary alicyclic amines) is 1. The van der Waals surface area contributed by atoms with E-state index in [2.05, 4.69) is 31.0 Å². The van der Waals surface area contributed by atoms with E-state index in [1.807, 2.05) is 6.92 Å². The van der Waals surface area contributed by atoms with Crippen LogP contribution in [0.2, 0.25) is 0 Å². The number of aromatic nitrogens is 4. The van der Waals surface area contributed by atoms with Crippen LogP contribution in [0.25, 0.3) is 0 Å². The molecule has 2 aliphatic heterocycles. The Balaban J connectivity index is 1.44. The summed E-state index contributed by atoms with van der Waals surface area (Å²) in [4.78, 5) is 18.6. The second-order valence-corrected chi connectivity index (χ2v) is 7.50. The molecule has 4 heterocycles. The van der Waals surface area contributed by atoms with Gasteiger partial charge >= 0.3 is 0 Å². The van der Waals surface area contributed by atoms with Crippen molar-refractivity contribution < 1.29 is 9.26 Å². The average molecular weight is 372 g/mol. The Morgan fingerprint density at radius 2 is 2.00 bits per heavy atom. The average Bonchev–Trinajstić information content (AvgIpc) is 3.34. The lowest BCUT2D eigenvalue weighted by Crippen LogP contribution is -2.34. The van der Waals surface area contributed by atoms with Crippen molar-refractivity contribution in [2.45, 2.75) is 51.7 Å². The fraction of sp³-hybridized carbons (Fsp3) is 0.684. The van der Waals surface area contributed by atoms with Crippen LogP contribution < -0.4 is 4.90 Å². The first-order chi connectivity index (χ1) is 13.2. The highest BCUT2D eigenvalue weighted by Crippen LogP contribution is 2.29. The maximum atomic E-state index is 5.35. The number of ether oxygens (including phenoxy) is 1. The highest BCUT2D eigenvalue weighted by molar-refractivity contribution is 5.41. The van der Waals surface area contributed by atoms with Crippen LogP contribution in [0, 0.1) is 6.92 Å². The molecule has 2 aromatic rings. The van der Waals surface area contributed by atoms with Crippen LogP contribution in [0.4, 0.5) is 5.82 Å². The number of aryl methyl sites for hydroxylation is 1. The molecular weight excluding hydrogens is 344 g/mol. The van der Waals surface area contributed by atoms with Gasteiger partial charge in [-0.1, -0.05) is 5.16 Å². The van der Waals surface area contributed by atoms with Crippen LogP contribution in [0.3, 0.4) is 0 Å². The van der Waals surface area contributed by atoms with Crippen molar-refractivity contribution in [3.63, 3.8) is 0 Å². The predicted molar refractivity (Wildman–Crippen MR) is 100 cm³/mol. The van der Waals surface area contributed by atoms with Crippen LogP contribution in [0.5, 0.6) is 0 Å². The minimum atomic E-state index is 0.381. The highest BCUT2D eigenvalue weighted by Gasteiger charge is 2.25. The summed E-state index contributed by atoms with van der Waals surface area (Å²) in [5.41, 5.74) is 1.17. The summed E-state index contributed by atoms with van der Waals surface area (Å²) in [6.45, 7) is 7.27. The largest absolute Gasteiger partial charge is 0.377 e. The maximum Gasteiger partial charge on any atom is 0.240 e. The monoisotopic (exact) mass is 372 g/mol. The lowest BCUT2D eigenvalue weighted by atomic mass is 9.94. The fourth-order valence-electron chi connectivity index (χ4n) is 4.07. The number of hydrogen-bond acceptors (Lipinski definition) is 8. The summed E-state index contributed by atoms with van der Waals surface area (Å²) < 4.78 is 10.4. The van der Waals surface area contributed by atoms with E-state index >= 15 is 0 Å². The molecule has 0 unspecified atom stereocenters. The molecule has 0 radical (unpaired) electrons. The highest BCUT2D eigenvalue weighted by atomic mass is 16.5. The molecule has 8 heteroatoms. The first kappa shape index (κ1) is 18.3. The summed E-state index contributed by atoms with van der Waals surface area (Å²) in [7, 11) is 1.63. The van der Waals surface area contributed by atoms with Gasteiger partial charge in [0.1, 0.15) is 18.2 Å². The van der Waals surface area contributed by atoms with Gasteiger partial charge in [0.2, 0.25) is 5.89 Å². The summed E-state index contributed by atoms with van der Waals surface area (Å²) in [5, 5.41) is 3.95. The Morgan fingerprint density at radius 3 is 2.81 bits per heavy atom. The number of methoxy groups -OCH3 is 1. The molecule has 2 fully saturated rings. The molecule has 1 atom stereocenters. The van der Waals surface area contributed by atoms with Crippen molar-refractivity contribution in [1.29, 1.82) is 0 Å². The molecule has 2 aromatic heterocycles. The van der Waals surface area contributed by atoms with Crippen LogP contribution in [0.1, 0.15) is 54.8 Å². The van der Waals surface area contributed by atoms with Crippen molar-refractivity contribution in [2.75, 3.05) is 38.2 Å². The zero-order valence-electron chi connectivity index (χ0n) is 16.2. The normalized spacial score (nSPS) is 21.1. The Hall–Kier alpha value is -2.06. The molecular formula is C19H28N6O2. The molecule has 0 amide bonds. The van der Waals surface area contributed by atoms with Crippen molar-refractivity contribution in [3.8, 4) is 0 Å². The third-order valence-corrected chi connectivity index (χ3v) is 5.34. The van der Waals surface area contributed by atoms with Crippen molar-refractivity contribution in [1.82, 2.24) is 25.0 Å². The molecule has 0 aliphatic carbocycles. The third-order valence-electron chi connectivity index (χ3n) is 5.34. The van der Waals surface area contributed by atoms with Gasteiger partial charge < -0.3 is 14.2 Å². The van der Waals surface area contributed by atoms with E-state index in [4.69, 9.17) is 14.2 Å². The molecule has 0 spiro atoms. The van der Waals surface area contributed by atoms with Gasteiger partial charge in [0.15, 0.2) is 5.82 Å². The minimum Gasteiger partial charge on any atom is -0.377 e. The maximum absolute atomic E-state index is 5.35. The topological polar surface area (TPSA) is 80.4 Å². The Kier molecular flexibility index (Phi) is 5.63. The SMILES string of the molecule is COCc1noc(CN2CCC[C@H](c3cc(N4CCCC4)nc(C)n3)C2)n1. The first-order valence-corrected chi connectivity index (χ1v) is 9.84. The zero-order valence-corrected chi connectivity index (χ0v) is 16.2. The van der Waals surface area contributed by atoms with Gasteiger partial charge in [-0.05, 0) is 39.2 Å². The van der Waals surface area contributed by atoms with Crippen molar-refractivity contribution >= 4 is 5.82 Å². The van der Waals surface area contributed by atoms with Gasteiger partial charge in [0, 0.05) is 38.7 Å². The molecule has 8 nitrogen and oxygen atoms in total. The number of anilines is 1. The van der Waals surface area contributed by atoms with Crippen LogP contribution >= 0.6 is 0 Å². The molecule has 0 N–H and O–H groups in total. The third kappa shape index (κ3) is 4.44. The molecule has 2 aliphatic rings. The second-order valence-electron chi connectivity index (χ2n) is 7.50. The van der Waals surface area contributed by atoms with E-state index < -0.39 is 0 Å². The zero-order chi connectivity index (χ0) is 18.6. The van der Waals surface area contributed by atoms with Gasteiger partial charge in [-0.2, -0.15) is 4.98 Å². The Labute approximate surface area is 159 Å². The number of nitrogens with zero attached hydrogens (tertiary/aromatic N) is 6. The summed E-state index contributed by atoms with van der Waals surface area (Å²) in [6.07, 6.45) is 4.81. The fourth-order valence-corrected chi connectivity index (χ4v) is 4.07. The number of piperidine rings is 1. The van der Waals surface area contributed by atoms with Gasteiger partial charge in [0.05, 0.1) is 12.2 Å².